The molecular formula is C57H76F2N4O5. The molecule has 0 bridgehead atoms. The van der Waals surface area contributed by atoms with Gasteiger partial charge in [-0.05, 0) is 137 Å². The summed E-state index contributed by atoms with van der Waals surface area (Å²) in [6, 6.07) is 22.6. The standard InChI is InChI=1S/C57H76F2N4O5/c1-35-41(21-15-23-47(35)58)51-43(53(66)37-17-13-19-39(64)29-37)31-62(27-25-49(60(9)10)56(3,4)5)33-45(51)55(68)46-34-63(28-26-50(61(11)12)57(6,7)8)32-44(54(67)38-18-14-20-40(65)30-38)52(46)42-22-16-24-48(59)36(42)2/h13-24,29-30,43-46,49-52,64-65H,25-28,31-34H2,1-12H3/t43-,44?,45+,46?,49?,50?,51-,52?/m0/s1. The van der Waals surface area contributed by atoms with E-state index in [0.717, 1.165) is 12.8 Å². The first kappa shape index (κ1) is 52.6. The summed E-state index contributed by atoms with van der Waals surface area (Å²) in [5.74, 6) is -6.59. The highest BCUT2D eigenvalue weighted by Crippen LogP contribution is 2.48. The Kier molecular flexibility index (Phi) is 16.6. The summed E-state index contributed by atoms with van der Waals surface area (Å²) in [5, 5.41) is 21.3. The first-order valence-electron chi connectivity index (χ1n) is 24.4. The number of nitrogens with zero attached hydrogens (tertiary/aromatic N) is 4. The van der Waals surface area contributed by atoms with Crippen molar-refractivity contribution in [1.82, 2.24) is 19.6 Å². The first-order valence-corrected chi connectivity index (χ1v) is 24.4. The van der Waals surface area contributed by atoms with E-state index in [1.807, 2.05) is 12.1 Å². The van der Waals surface area contributed by atoms with Crippen LogP contribution in [0.4, 0.5) is 8.78 Å². The lowest BCUT2D eigenvalue weighted by Gasteiger charge is -2.49. The molecule has 5 unspecified atom stereocenters. The van der Waals surface area contributed by atoms with E-state index in [9.17, 15) is 10.2 Å². The van der Waals surface area contributed by atoms with E-state index in [4.69, 9.17) is 0 Å². The molecule has 0 saturated carbocycles. The average Bonchev–Trinajstić information content (AvgIpc) is 3.26. The lowest BCUT2D eigenvalue weighted by Crippen LogP contribution is -2.57. The van der Waals surface area contributed by atoms with E-state index < -0.39 is 47.1 Å². The SMILES string of the molecule is Cc1c(F)cccc1C1C(C(=O)c2cccc(O)c2)CN(CCC(N(C)C)C(C)(C)C)CC1C(=O)[C@@H]1CN(CCC(N(C)C)C(C)(C)C)C[C@H](C(=O)c2cccc(O)c2)[C@@H]1c1cccc(F)c1C. The number of halogens is 2. The van der Waals surface area contributed by atoms with Crippen molar-refractivity contribution in [2.24, 2.45) is 34.5 Å². The average molecular weight is 935 g/mol. The van der Waals surface area contributed by atoms with Crippen LogP contribution in [0.5, 0.6) is 11.5 Å². The van der Waals surface area contributed by atoms with E-state index >= 15 is 23.2 Å². The minimum atomic E-state index is -0.857. The molecule has 8 atom stereocenters. The molecule has 0 radical (unpaired) electrons. The molecule has 2 N–H and O–H groups in total. The fourth-order valence-electron chi connectivity index (χ4n) is 12.1. The van der Waals surface area contributed by atoms with Crippen molar-refractivity contribution < 1.29 is 33.4 Å². The van der Waals surface area contributed by atoms with E-state index in [-0.39, 0.29) is 64.9 Å². The van der Waals surface area contributed by atoms with Gasteiger partial charge in [0.2, 0.25) is 0 Å². The lowest BCUT2D eigenvalue weighted by molar-refractivity contribution is -0.133. The number of phenols is 2. The van der Waals surface area contributed by atoms with Crippen LogP contribution in [0.2, 0.25) is 0 Å². The maximum Gasteiger partial charge on any atom is 0.167 e. The molecule has 0 aromatic heterocycles. The zero-order chi connectivity index (χ0) is 50.0. The molecule has 2 aliphatic heterocycles. The Morgan fingerprint density at radius 2 is 0.912 bits per heavy atom. The molecule has 6 rings (SSSR count). The van der Waals surface area contributed by atoms with E-state index in [1.165, 1.54) is 36.4 Å². The van der Waals surface area contributed by atoms with Crippen LogP contribution in [0.1, 0.15) is 109 Å². The molecule has 11 heteroatoms. The molecule has 9 nitrogen and oxygen atoms in total. The van der Waals surface area contributed by atoms with E-state index in [2.05, 4.69) is 89.3 Å². The third-order valence-corrected chi connectivity index (χ3v) is 15.2. The maximum absolute atomic E-state index is 16.6. The molecule has 2 heterocycles. The van der Waals surface area contributed by atoms with Gasteiger partial charge < -0.3 is 29.8 Å². The Hall–Kier alpha value is -4.81. The molecule has 2 aliphatic rings. The van der Waals surface area contributed by atoms with Gasteiger partial charge in [0.25, 0.3) is 0 Å². The molecule has 2 saturated heterocycles. The first-order chi connectivity index (χ1) is 31.9. The van der Waals surface area contributed by atoms with Crippen LogP contribution in [0, 0.1) is 60.0 Å². The number of phenolic OH excluding ortho intramolecular Hbond substituents is 2. The molecular weight excluding hydrogens is 859 g/mol. The van der Waals surface area contributed by atoms with Gasteiger partial charge in [-0.15, -0.1) is 0 Å². The van der Waals surface area contributed by atoms with Crippen LogP contribution in [-0.2, 0) is 4.79 Å². The van der Waals surface area contributed by atoms with Crippen LogP contribution in [0.25, 0.3) is 0 Å². The van der Waals surface area contributed by atoms with Crippen molar-refractivity contribution in [3.8, 4) is 11.5 Å². The fraction of sp³-hybridized carbons (Fsp3) is 0.526. The van der Waals surface area contributed by atoms with Crippen molar-refractivity contribution in [2.75, 3.05) is 67.5 Å². The smallest absolute Gasteiger partial charge is 0.167 e. The monoisotopic (exact) mass is 935 g/mol. The molecule has 0 amide bonds. The van der Waals surface area contributed by atoms with Gasteiger partial charge in [-0.25, -0.2) is 8.78 Å². The molecule has 68 heavy (non-hydrogen) atoms. The zero-order valence-electron chi connectivity index (χ0n) is 42.5. The number of hydrogen-bond acceptors (Lipinski definition) is 9. The van der Waals surface area contributed by atoms with Gasteiger partial charge in [0.05, 0.1) is 0 Å². The van der Waals surface area contributed by atoms with Crippen molar-refractivity contribution in [3.05, 3.63) is 130 Å². The van der Waals surface area contributed by atoms with Gasteiger partial charge in [-0.3, -0.25) is 14.4 Å². The molecule has 0 aliphatic carbocycles. The van der Waals surface area contributed by atoms with Crippen LogP contribution in [0.3, 0.4) is 0 Å². The van der Waals surface area contributed by atoms with Gasteiger partial charge in [0.15, 0.2) is 11.6 Å². The summed E-state index contributed by atoms with van der Waals surface area (Å²) in [7, 11) is 8.26. The summed E-state index contributed by atoms with van der Waals surface area (Å²) < 4.78 is 31.8. The predicted octanol–water partition coefficient (Wildman–Crippen LogP) is 10.0. The maximum atomic E-state index is 16.6. The second kappa shape index (κ2) is 21.5. The second-order valence-corrected chi connectivity index (χ2v) is 22.4. The predicted molar refractivity (Wildman–Crippen MR) is 268 cm³/mol. The zero-order valence-corrected chi connectivity index (χ0v) is 42.5. The minimum absolute atomic E-state index is 0.0605. The molecule has 4 aromatic rings. The number of hydrogen-bond donors (Lipinski definition) is 2. The Bertz CT molecular complexity index is 2260. The summed E-state index contributed by atoms with van der Waals surface area (Å²) in [4.78, 5) is 55.8. The van der Waals surface area contributed by atoms with Crippen molar-refractivity contribution >= 4 is 17.3 Å². The summed E-state index contributed by atoms with van der Waals surface area (Å²) >= 11 is 0. The Morgan fingerprint density at radius 1 is 0.574 bits per heavy atom. The quantitative estimate of drug-likeness (QED) is 0.106. The highest BCUT2D eigenvalue weighted by Gasteiger charge is 2.52. The highest BCUT2D eigenvalue weighted by atomic mass is 19.1. The number of ketones is 3. The number of piperidine rings is 2. The highest BCUT2D eigenvalue weighted by molar-refractivity contribution is 6.01. The number of likely N-dealkylation sites (tertiary alicyclic amines) is 2. The normalized spacial score (nSPS) is 22.9. The van der Waals surface area contributed by atoms with Gasteiger partial charge in [-0.1, -0.05) is 90.1 Å². The van der Waals surface area contributed by atoms with Crippen LogP contribution < -0.4 is 0 Å². The summed E-state index contributed by atoms with van der Waals surface area (Å²) in [6.45, 7) is 18.9. The molecule has 368 valence electrons. The number of carbonyl (C=O) groups excluding carboxylic acids is 3. The van der Waals surface area contributed by atoms with Gasteiger partial charge >= 0.3 is 0 Å². The topological polar surface area (TPSA) is 105 Å². The Morgan fingerprint density at radius 3 is 1.24 bits per heavy atom. The molecule has 0 spiro atoms. The van der Waals surface area contributed by atoms with Crippen LogP contribution in [0.15, 0.2) is 84.9 Å². The summed E-state index contributed by atoms with van der Waals surface area (Å²) in [6.07, 6.45) is 1.50. The molecule has 2 fully saturated rings. The van der Waals surface area contributed by atoms with Gasteiger partial charge in [0.1, 0.15) is 28.9 Å². The van der Waals surface area contributed by atoms with E-state index in [0.29, 0.717) is 59.6 Å². The van der Waals surface area contributed by atoms with Crippen LogP contribution in [-0.4, -0.2) is 127 Å². The van der Waals surface area contributed by atoms with E-state index in [1.54, 1.807) is 50.2 Å². The fourth-order valence-corrected chi connectivity index (χ4v) is 12.1. The minimum Gasteiger partial charge on any atom is -0.508 e. The third kappa shape index (κ3) is 11.8. The largest absolute Gasteiger partial charge is 0.508 e. The third-order valence-electron chi connectivity index (χ3n) is 15.2. The van der Waals surface area contributed by atoms with Gasteiger partial charge in [0, 0.05) is 84.9 Å². The summed E-state index contributed by atoms with van der Waals surface area (Å²) in [5.41, 5.74) is 2.29. The number of rotatable bonds is 16. The van der Waals surface area contributed by atoms with Gasteiger partial charge in [-0.2, -0.15) is 0 Å². The Labute approximate surface area is 404 Å². The second-order valence-electron chi connectivity index (χ2n) is 22.4. The van der Waals surface area contributed by atoms with Crippen LogP contribution >= 0.6 is 0 Å². The number of carbonyl (C=O) groups is 3. The van der Waals surface area contributed by atoms with Crippen molar-refractivity contribution in [1.29, 1.82) is 0 Å². The van der Waals surface area contributed by atoms with Crippen molar-refractivity contribution in [3.63, 3.8) is 0 Å². The number of aromatic hydroxyl groups is 2. The number of Topliss-reactive ketones (excluding diaryl/α,β-unsaturated/α-hetero) is 3. The molecule has 4 aromatic carbocycles. The Balaban J connectivity index is 1.57. The number of benzene rings is 4. The lowest BCUT2D eigenvalue weighted by atomic mass is 9.62. The van der Waals surface area contributed by atoms with Crippen molar-refractivity contribution in [2.45, 2.75) is 92.2 Å².